The SMILES string of the molecule is C/C=C(\c1ccccc1S)C1CCCCC1. The molecular weight excluding hydrogens is 212 g/mol. The molecule has 16 heavy (non-hydrogen) atoms. The topological polar surface area (TPSA) is 0 Å². The molecule has 1 saturated carbocycles. The first-order valence-corrected chi connectivity index (χ1v) is 6.72. The highest BCUT2D eigenvalue weighted by Crippen LogP contribution is 2.37. The van der Waals surface area contributed by atoms with Gasteiger partial charge in [-0.2, -0.15) is 0 Å². The van der Waals surface area contributed by atoms with Crippen LogP contribution in [0.2, 0.25) is 0 Å². The van der Waals surface area contributed by atoms with Crippen molar-refractivity contribution in [1.29, 1.82) is 0 Å². The van der Waals surface area contributed by atoms with Crippen LogP contribution in [-0.2, 0) is 0 Å². The summed E-state index contributed by atoms with van der Waals surface area (Å²) in [6.45, 7) is 2.16. The van der Waals surface area contributed by atoms with Crippen LogP contribution in [-0.4, -0.2) is 0 Å². The second-order valence-electron chi connectivity index (χ2n) is 4.60. The molecule has 0 radical (unpaired) electrons. The number of benzene rings is 1. The lowest BCUT2D eigenvalue weighted by Gasteiger charge is -2.25. The third kappa shape index (κ3) is 2.52. The number of hydrogen-bond acceptors (Lipinski definition) is 1. The Hall–Kier alpha value is -0.690. The quantitative estimate of drug-likeness (QED) is 0.685. The van der Waals surface area contributed by atoms with Gasteiger partial charge in [-0.25, -0.2) is 0 Å². The summed E-state index contributed by atoms with van der Waals surface area (Å²) in [6, 6.07) is 8.46. The van der Waals surface area contributed by atoms with E-state index in [0.717, 1.165) is 10.8 Å². The largest absolute Gasteiger partial charge is 0.143 e. The Morgan fingerprint density at radius 1 is 1.19 bits per heavy atom. The molecule has 0 unspecified atom stereocenters. The van der Waals surface area contributed by atoms with Gasteiger partial charge < -0.3 is 0 Å². The summed E-state index contributed by atoms with van der Waals surface area (Å²) in [5.74, 6) is 0.757. The van der Waals surface area contributed by atoms with Crippen LogP contribution in [0.25, 0.3) is 5.57 Å². The summed E-state index contributed by atoms with van der Waals surface area (Å²) in [6.07, 6.45) is 9.16. The monoisotopic (exact) mass is 232 g/mol. The van der Waals surface area contributed by atoms with Gasteiger partial charge in [-0.3, -0.25) is 0 Å². The van der Waals surface area contributed by atoms with Gasteiger partial charge in [0.15, 0.2) is 0 Å². The summed E-state index contributed by atoms with van der Waals surface area (Å²) in [5.41, 5.74) is 2.84. The van der Waals surface area contributed by atoms with Gasteiger partial charge in [0.1, 0.15) is 0 Å². The Morgan fingerprint density at radius 3 is 2.50 bits per heavy atom. The molecule has 0 spiro atoms. The van der Waals surface area contributed by atoms with Crippen LogP contribution < -0.4 is 0 Å². The third-order valence-electron chi connectivity index (χ3n) is 3.57. The lowest BCUT2D eigenvalue weighted by molar-refractivity contribution is 0.429. The molecule has 1 heteroatoms. The lowest BCUT2D eigenvalue weighted by atomic mass is 9.81. The summed E-state index contributed by atoms with van der Waals surface area (Å²) in [7, 11) is 0. The van der Waals surface area contributed by atoms with Gasteiger partial charge >= 0.3 is 0 Å². The molecule has 0 aromatic heterocycles. The molecule has 0 saturated heterocycles. The summed E-state index contributed by atoms with van der Waals surface area (Å²) in [5, 5.41) is 0. The highest BCUT2D eigenvalue weighted by atomic mass is 32.1. The first kappa shape index (κ1) is 11.8. The Labute approximate surface area is 104 Å². The molecule has 86 valence electrons. The second-order valence-corrected chi connectivity index (χ2v) is 5.08. The molecule has 0 bridgehead atoms. The molecule has 2 rings (SSSR count). The maximum Gasteiger partial charge on any atom is 0.0115 e. The van der Waals surface area contributed by atoms with E-state index in [1.54, 1.807) is 0 Å². The van der Waals surface area contributed by atoms with Crippen LogP contribution in [0.5, 0.6) is 0 Å². The first-order chi connectivity index (χ1) is 7.83. The standard InChI is InChI=1S/C15H20S/c1-2-13(12-8-4-3-5-9-12)14-10-6-7-11-15(14)16/h2,6-7,10-12,16H,3-5,8-9H2,1H3/b13-2-. The van der Waals surface area contributed by atoms with E-state index >= 15 is 0 Å². The number of hydrogen-bond donors (Lipinski definition) is 1. The van der Waals surface area contributed by atoms with Crippen molar-refractivity contribution in [1.82, 2.24) is 0 Å². The highest BCUT2D eigenvalue weighted by Gasteiger charge is 2.19. The minimum atomic E-state index is 0.757. The minimum absolute atomic E-state index is 0.757. The Bertz CT molecular complexity index is 373. The maximum atomic E-state index is 4.57. The van der Waals surface area contributed by atoms with Crippen LogP contribution in [0, 0.1) is 5.92 Å². The molecule has 1 aliphatic carbocycles. The molecule has 1 aromatic carbocycles. The predicted octanol–water partition coefficient (Wildman–Crippen LogP) is 4.96. The average molecular weight is 232 g/mol. The van der Waals surface area contributed by atoms with Crippen LogP contribution in [0.1, 0.15) is 44.6 Å². The minimum Gasteiger partial charge on any atom is -0.143 e. The first-order valence-electron chi connectivity index (χ1n) is 6.27. The van der Waals surface area contributed by atoms with Crippen molar-refractivity contribution in [3.63, 3.8) is 0 Å². The van der Waals surface area contributed by atoms with Crippen LogP contribution >= 0.6 is 12.6 Å². The van der Waals surface area contributed by atoms with Gasteiger partial charge in [0.2, 0.25) is 0 Å². The van der Waals surface area contributed by atoms with Crippen LogP contribution in [0.15, 0.2) is 35.2 Å². The predicted molar refractivity (Wildman–Crippen MR) is 73.9 cm³/mol. The van der Waals surface area contributed by atoms with Gasteiger partial charge in [0, 0.05) is 4.90 Å². The Morgan fingerprint density at radius 2 is 1.88 bits per heavy atom. The average Bonchev–Trinajstić information content (AvgIpc) is 2.34. The Kier molecular flexibility index (Phi) is 4.11. The van der Waals surface area contributed by atoms with Crippen molar-refractivity contribution in [3.05, 3.63) is 35.9 Å². The highest BCUT2D eigenvalue weighted by molar-refractivity contribution is 7.80. The number of thiol groups is 1. The van der Waals surface area contributed by atoms with Crippen molar-refractivity contribution >= 4 is 18.2 Å². The fourth-order valence-electron chi connectivity index (χ4n) is 2.74. The molecule has 0 nitrogen and oxygen atoms in total. The van der Waals surface area contributed by atoms with Crippen LogP contribution in [0.3, 0.4) is 0 Å². The fourth-order valence-corrected chi connectivity index (χ4v) is 3.03. The maximum absolute atomic E-state index is 4.57. The van der Waals surface area contributed by atoms with Gasteiger partial charge in [-0.05, 0) is 42.9 Å². The fraction of sp³-hybridized carbons (Fsp3) is 0.467. The zero-order chi connectivity index (χ0) is 11.4. The molecular formula is C15H20S. The molecule has 0 heterocycles. The van der Waals surface area contributed by atoms with E-state index in [1.165, 1.54) is 43.2 Å². The van der Waals surface area contributed by atoms with E-state index in [9.17, 15) is 0 Å². The van der Waals surface area contributed by atoms with E-state index in [1.807, 2.05) is 0 Å². The van der Waals surface area contributed by atoms with E-state index < -0.39 is 0 Å². The van der Waals surface area contributed by atoms with Gasteiger partial charge in [-0.15, -0.1) is 12.6 Å². The molecule has 1 aromatic rings. The molecule has 0 amide bonds. The zero-order valence-electron chi connectivity index (χ0n) is 9.95. The van der Waals surface area contributed by atoms with Gasteiger partial charge in [0.05, 0.1) is 0 Å². The lowest BCUT2D eigenvalue weighted by Crippen LogP contribution is -2.08. The zero-order valence-corrected chi connectivity index (χ0v) is 10.8. The van der Waals surface area contributed by atoms with Crippen molar-refractivity contribution < 1.29 is 0 Å². The van der Waals surface area contributed by atoms with E-state index in [-0.39, 0.29) is 0 Å². The molecule has 1 fully saturated rings. The Balaban J connectivity index is 2.26. The van der Waals surface area contributed by atoms with E-state index in [0.29, 0.717) is 0 Å². The van der Waals surface area contributed by atoms with E-state index in [4.69, 9.17) is 0 Å². The molecule has 0 atom stereocenters. The van der Waals surface area contributed by atoms with E-state index in [2.05, 4.69) is 49.9 Å². The van der Waals surface area contributed by atoms with Gasteiger partial charge in [-0.1, -0.05) is 43.5 Å². The van der Waals surface area contributed by atoms with Crippen molar-refractivity contribution in [2.45, 2.75) is 43.9 Å². The molecule has 0 N–H and O–H groups in total. The van der Waals surface area contributed by atoms with Crippen LogP contribution in [0.4, 0.5) is 0 Å². The molecule has 0 aliphatic heterocycles. The second kappa shape index (κ2) is 5.58. The number of rotatable bonds is 2. The summed E-state index contributed by atoms with van der Waals surface area (Å²) >= 11 is 4.57. The normalized spacial score (nSPS) is 18.8. The third-order valence-corrected chi connectivity index (χ3v) is 3.96. The van der Waals surface area contributed by atoms with Crippen molar-refractivity contribution in [2.24, 2.45) is 5.92 Å². The smallest absolute Gasteiger partial charge is 0.0115 e. The summed E-state index contributed by atoms with van der Waals surface area (Å²) < 4.78 is 0. The van der Waals surface area contributed by atoms with Crippen molar-refractivity contribution in [2.75, 3.05) is 0 Å². The molecule has 1 aliphatic rings. The summed E-state index contributed by atoms with van der Waals surface area (Å²) in [4.78, 5) is 1.11. The van der Waals surface area contributed by atoms with Gasteiger partial charge in [0.25, 0.3) is 0 Å². The number of allylic oxidation sites excluding steroid dienone is 2. The van der Waals surface area contributed by atoms with Crippen molar-refractivity contribution in [3.8, 4) is 0 Å².